The summed E-state index contributed by atoms with van der Waals surface area (Å²) in [5, 5.41) is 19.1. The Balaban J connectivity index is 2.98. The first kappa shape index (κ1) is 12.4. The summed E-state index contributed by atoms with van der Waals surface area (Å²) in [6.07, 6.45) is -1.07. The molecule has 7 heteroatoms. The quantitative estimate of drug-likeness (QED) is 0.678. The molecule has 1 atom stereocenters. The van der Waals surface area contributed by atoms with Gasteiger partial charge in [0, 0.05) is 6.07 Å². The van der Waals surface area contributed by atoms with Crippen molar-refractivity contribution in [2.24, 2.45) is 0 Å². The van der Waals surface area contributed by atoms with E-state index in [0.29, 0.717) is 4.47 Å². The van der Waals surface area contributed by atoms with Crippen molar-refractivity contribution in [2.45, 2.75) is 13.0 Å². The molecule has 0 unspecified atom stereocenters. The normalized spacial score (nSPS) is 11.9. The third-order valence-corrected chi connectivity index (χ3v) is 2.43. The third kappa shape index (κ3) is 2.93. The highest BCUT2D eigenvalue weighted by molar-refractivity contribution is 9.10. The molecule has 1 rings (SSSR count). The number of nitro benzene ring substituents is 1. The van der Waals surface area contributed by atoms with Crippen LogP contribution < -0.4 is 4.74 Å². The molecule has 0 aliphatic carbocycles. The lowest BCUT2D eigenvalue weighted by molar-refractivity contribution is -0.385. The van der Waals surface area contributed by atoms with E-state index in [-0.39, 0.29) is 11.4 Å². The van der Waals surface area contributed by atoms with E-state index in [0.717, 1.165) is 0 Å². The maximum atomic E-state index is 10.6. The van der Waals surface area contributed by atoms with Gasteiger partial charge >= 0.3 is 5.97 Å². The Labute approximate surface area is 99.1 Å². The highest BCUT2D eigenvalue weighted by atomic mass is 79.9. The zero-order chi connectivity index (χ0) is 12.3. The largest absolute Gasteiger partial charge is 0.479 e. The van der Waals surface area contributed by atoms with Crippen LogP contribution in [0.4, 0.5) is 5.69 Å². The average molecular weight is 290 g/mol. The van der Waals surface area contributed by atoms with Gasteiger partial charge in [-0.1, -0.05) is 0 Å². The Bertz CT molecular complexity index is 434. The number of non-ortho nitro benzene ring substituents is 1. The van der Waals surface area contributed by atoms with Gasteiger partial charge in [0.05, 0.1) is 15.5 Å². The van der Waals surface area contributed by atoms with Crippen molar-refractivity contribution >= 4 is 27.6 Å². The molecule has 0 saturated carbocycles. The van der Waals surface area contributed by atoms with Gasteiger partial charge in [-0.05, 0) is 28.9 Å². The van der Waals surface area contributed by atoms with E-state index in [9.17, 15) is 14.9 Å². The van der Waals surface area contributed by atoms with E-state index < -0.39 is 17.0 Å². The summed E-state index contributed by atoms with van der Waals surface area (Å²) < 4.78 is 5.51. The standard InChI is InChI=1S/C9H8BrNO5/c1-5(9(12)13)16-8-4-6(11(14)15)2-3-7(8)10/h2-5H,1H3,(H,12,13)/t5-/m1/s1. The summed E-state index contributed by atoms with van der Waals surface area (Å²) in [6.45, 7) is 1.34. The molecule has 0 bridgehead atoms. The predicted octanol–water partition coefficient (Wildman–Crippen LogP) is 2.21. The van der Waals surface area contributed by atoms with Crippen molar-refractivity contribution in [1.82, 2.24) is 0 Å². The van der Waals surface area contributed by atoms with Gasteiger partial charge in [-0.3, -0.25) is 10.1 Å². The van der Waals surface area contributed by atoms with E-state index in [1.807, 2.05) is 0 Å². The molecule has 6 nitrogen and oxygen atoms in total. The molecule has 0 spiro atoms. The number of hydrogen-bond acceptors (Lipinski definition) is 4. The molecule has 0 saturated heterocycles. The zero-order valence-corrected chi connectivity index (χ0v) is 9.80. The molecule has 0 fully saturated rings. The van der Waals surface area contributed by atoms with Crippen LogP contribution in [-0.4, -0.2) is 22.1 Å². The number of hydrogen-bond donors (Lipinski definition) is 1. The van der Waals surface area contributed by atoms with Crippen molar-refractivity contribution in [3.8, 4) is 5.75 Å². The zero-order valence-electron chi connectivity index (χ0n) is 8.21. The van der Waals surface area contributed by atoms with Gasteiger partial charge in [0.15, 0.2) is 6.10 Å². The fraction of sp³-hybridized carbons (Fsp3) is 0.222. The van der Waals surface area contributed by atoms with Crippen LogP contribution in [0.25, 0.3) is 0 Å². The molecule has 16 heavy (non-hydrogen) atoms. The lowest BCUT2D eigenvalue weighted by Gasteiger charge is -2.11. The average Bonchev–Trinajstić information content (AvgIpc) is 2.20. The smallest absolute Gasteiger partial charge is 0.344 e. The van der Waals surface area contributed by atoms with Crippen LogP contribution in [-0.2, 0) is 4.79 Å². The second-order valence-electron chi connectivity index (χ2n) is 2.97. The summed E-state index contributed by atoms with van der Waals surface area (Å²) >= 11 is 3.12. The van der Waals surface area contributed by atoms with Crippen molar-refractivity contribution in [3.05, 3.63) is 32.8 Å². The number of halogens is 1. The van der Waals surface area contributed by atoms with Gasteiger partial charge in [-0.2, -0.15) is 0 Å². The number of nitrogens with zero attached hydrogens (tertiary/aromatic N) is 1. The number of nitro groups is 1. The Morgan fingerprint density at radius 2 is 2.25 bits per heavy atom. The highest BCUT2D eigenvalue weighted by Crippen LogP contribution is 2.29. The molecule has 1 aromatic carbocycles. The van der Waals surface area contributed by atoms with Crippen molar-refractivity contribution in [3.63, 3.8) is 0 Å². The fourth-order valence-corrected chi connectivity index (χ4v) is 1.28. The topological polar surface area (TPSA) is 89.7 Å². The van der Waals surface area contributed by atoms with Gasteiger partial charge < -0.3 is 9.84 Å². The number of ether oxygens (including phenoxy) is 1. The molecule has 0 aliphatic heterocycles. The van der Waals surface area contributed by atoms with E-state index in [1.54, 1.807) is 0 Å². The van der Waals surface area contributed by atoms with E-state index in [1.165, 1.54) is 25.1 Å². The summed E-state index contributed by atoms with van der Waals surface area (Å²) in [5.74, 6) is -1.01. The van der Waals surface area contributed by atoms with Gasteiger partial charge in [0.25, 0.3) is 5.69 Å². The molecule has 0 heterocycles. The van der Waals surface area contributed by atoms with Gasteiger partial charge in [0.1, 0.15) is 5.75 Å². The minimum atomic E-state index is -1.14. The number of carbonyl (C=O) groups is 1. The molecule has 0 aromatic heterocycles. The Hall–Kier alpha value is -1.63. The van der Waals surface area contributed by atoms with Gasteiger partial charge in [-0.15, -0.1) is 0 Å². The summed E-state index contributed by atoms with van der Waals surface area (Å²) in [5.41, 5.74) is -0.157. The first-order chi connectivity index (χ1) is 7.41. The fourth-order valence-electron chi connectivity index (χ4n) is 0.937. The first-order valence-electron chi connectivity index (χ1n) is 4.25. The van der Waals surface area contributed by atoms with E-state index in [2.05, 4.69) is 15.9 Å². The second kappa shape index (κ2) is 4.93. The third-order valence-electron chi connectivity index (χ3n) is 1.78. The van der Waals surface area contributed by atoms with Crippen LogP contribution in [0.15, 0.2) is 22.7 Å². The monoisotopic (exact) mass is 289 g/mol. The number of carboxylic acid groups (broad SMARTS) is 1. The lowest BCUT2D eigenvalue weighted by atomic mass is 10.3. The number of benzene rings is 1. The van der Waals surface area contributed by atoms with E-state index >= 15 is 0 Å². The maximum Gasteiger partial charge on any atom is 0.344 e. The number of carboxylic acids is 1. The molecule has 1 aromatic rings. The molecular formula is C9H8BrNO5. The van der Waals surface area contributed by atoms with Crippen LogP contribution in [0.3, 0.4) is 0 Å². The number of aliphatic carboxylic acids is 1. The highest BCUT2D eigenvalue weighted by Gasteiger charge is 2.16. The van der Waals surface area contributed by atoms with Crippen molar-refractivity contribution < 1.29 is 19.6 Å². The molecule has 0 aliphatic rings. The number of rotatable bonds is 4. The molecular weight excluding hydrogens is 282 g/mol. The molecule has 0 amide bonds. The van der Waals surface area contributed by atoms with Crippen LogP contribution in [0, 0.1) is 10.1 Å². The van der Waals surface area contributed by atoms with Crippen LogP contribution >= 0.6 is 15.9 Å². The summed E-state index contributed by atoms with van der Waals surface area (Å²) in [6, 6.07) is 3.90. The Morgan fingerprint density at radius 1 is 1.62 bits per heavy atom. The van der Waals surface area contributed by atoms with Gasteiger partial charge in [-0.25, -0.2) is 4.79 Å². The van der Waals surface area contributed by atoms with Crippen LogP contribution in [0.1, 0.15) is 6.92 Å². The summed E-state index contributed by atoms with van der Waals surface area (Å²) in [7, 11) is 0. The SMILES string of the molecule is C[C@@H](Oc1cc([N+](=O)[O-])ccc1Br)C(=O)O. The minimum absolute atomic E-state index is 0.129. The Kier molecular flexibility index (Phi) is 3.83. The predicted molar refractivity (Wildman–Crippen MR) is 58.5 cm³/mol. The second-order valence-corrected chi connectivity index (χ2v) is 3.82. The van der Waals surface area contributed by atoms with Crippen molar-refractivity contribution in [2.75, 3.05) is 0 Å². The Morgan fingerprint density at radius 3 is 2.75 bits per heavy atom. The molecule has 0 radical (unpaired) electrons. The molecule has 86 valence electrons. The van der Waals surface area contributed by atoms with Crippen LogP contribution in [0.5, 0.6) is 5.75 Å². The van der Waals surface area contributed by atoms with Crippen LogP contribution in [0.2, 0.25) is 0 Å². The summed E-state index contributed by atoms with van der Waals surface area (Å²) in [4.78, 5) is 20.5. The van der Waals surface area contributed by atoms with E-state index in [4.69, 9.17) is 9.84 Å². The lowest BCUT2D eigenvalue weighted by Crippen LogP contribution is -2.23. The molecule has 1 N–H and O–H groups in total. The first-order valence-corrected chi connectivity index (χ1v) is 5.04. The van der Waals surface area contributed by atoms with Crippen molar-refractivity contribution in [1.29, 1.82) is 0 Å². The minimum Gasteiger partial charge on any atom is -0.479 e. The van der Waals surface area contributed by atoms with Gasteiger partial charge in [0.2, 0.25) is 0 Å². The maximum absolute atomic E-state index is 10.6.